The third kappa shape index (κ3) is 5.50. The van der Waals surface area contributed by atoms with Gasteiger partial charge in [-0.2, -0.15) is 0 Å². The highest BCUT2D eigenvalue weighted by Gasteiger charge is 2.29. The maximum Gasteiger partial charge on any atom is 0.241 e. The van der Waals surface area contributed by atoms with Crippen LogP contribution in [0.2, 0.25) is 0 Å². The van der Waals surface area contributed by atoms with Crippen LogP contribution in [0.1, 0.15) is 33.3 Å². The fourth-order valence-electron chi connectivity index (χ4n) is 2.69. The Morgan fingerprint density at radius 2 is 2.00 bits per heavy atom. The van der Waals surface area contributed by atoms with Crippen LogP contribution in [-0.4, -0.2) is 45.2 Å². The van der Waals surface area contributed by atoms with Crippen LogP contribution in [0, 0.1) is 0 Å². The van der Waals surface area contributed by atoms with Crippen molar-refractivity contribution in [2.75, 3.05) is 13.2 Å². The Balaban J connectivity index is 2.12. The number of carbonyl (C=O) groups is 1. The summed E-state index contributed by atoms with van der Waals surface area (Å²) in [5, 5.41) is 5.91. The summed E-state index contributed by atoms with van der Waals surface area (Å²) in [7, 11) is -3.67. The number of carbonyl (C=O) groups excluding carboxylic acids is 1. The molecule has 2 rings (SSSR count). The average molecular weight is 369 g/mol. The van der Waals surface area contributed by atoms with Gasteiger partial charge in [0.1, 0.15) is 6.04 Å². The second-order valence-electron chi connectivity index (χ2n) is 7.19. The molecule has 0 unspecified atom stereocenters. The Morgan fingerprint density at radius 3 is 2.64 bits per heavy atom. The fraction of sp³-hybridized carbons (Fsp3) is 0.588. The van der Waals surface area contributed by atoms with Gasteiger partial charge in [0.25, 0.3) is 0 Å². The molecular formula is C17H27N3O4S. The molecule has 0 spiro atoms. The average Bonchev–Trinajstić information content (AvgIpc) is 2.51. The number of ether oxygens (including phenoxy) is 1. The molecule has 7 nitrogen and oxygen atoms in total. The number of nitrogens with one attached hydrogen (secondary N) is 3. The predicted octanol–water partition coefficient (Wildman–Crippen LogP) is 0.757. The Labute approximate surface area is 149 Å². The fourth-order valence-corrected chi connectivity index (χ4v) is 4.35. The first-order valence-corrected chi connectivity index (χ1v) is 9.83. The van der Waals surface area contributed by atoms with Crippen LogP contribution in [0.3, 0.4) is 0 Å². The van der Waals surface area contributed by atoms with Crippen molar-refractivity contribution in [2.24, 2.45) is 0 Å². The molecule has 1 aromatic carbocycles. The van der Waals surface area contributed by atoms with E-state index in [1.54, 1.807) is 45.0 Å². The first-order valence-electron chi connectivity index (χ1n) is 8.35. The minimum Gasteiger partial charge on any atom is -0.375 e. The zero-order valence-corrected chi connectivity index (χ0v) is 15.9. The summed E-state index contributed by atoms with van der Waals surface area (Å²) >= 11 is 0. The quantitative estimate of drug-likeness (QED) is 0.712. The van der Waals surface area contributed by atoms with E-state index in [4.69, 9.17) is 4.74 Å². The molecule has 0 aromatic heterocycles. The SMILES string of the molecule is C[C@H]1OCCN[C@@H]1C(=O)NCc1ccccc1S(=O)(=O)NC(C)(C)C. The summed E-state index contributed by atoms with van der Waals surface area (Å²) in [6.45, 7) is 8.50. The zero-order chi connectivity index (χ0) is 18.7. The molecule has 0 aliphatic carbocycles. The lowest BCUT2D eigenvalue weighted by Crippen LogP contribution is -2.55. The second kappa shape index (κ2) is 7.82. The third-order valence-corrected chi connectivity index (χ3v) is 5.61. The van der Waals surface area contributed by atoms with Gasteiger partial charge in [-0.25, -0.2) is 13.1 Å². The molecule has 1 aliphatic rings. The maximum atomic E-state index is 12.6. The van der Waals surface area contributed by atoms with Crippen LogP contribution in [0.15, 0.2) is 29.2 Å². The summed E-state index contributed by atoms with van der Waals surface area (Å²) in [4.78, 5) is 12.5. The largest absolute Gasteiger partial charge is 0.375 e. The second-order valence-corrected chi connectivity index (χ2v) is 8.84. The van der Waals surface area contributed by atoms with Crippen LogP contribution in [-0.2, 0) is 26.1 Å². The topological polar surface area (TPSA) is 96.5 Å². The lowest BCUT2D eigenvalue weighted by Gasteiger charge is -2.29. The molecule has 3 N–H and O–H groups in total. The zero-order valence-electron chi connectivity index (χ0n) is 15.1. The minimum atomic E-state index is -3.67. The molecule has 1 aromatic rings. The summed E-state index contributed by atoms with van der Waals surface area (Å²) in [5.74, 6) is -0.205. The van der Waals surface area contributed by atoms with Gasteiger partial charge < -0.3 is 15.4 Å². The van der Waals surface area contributed by atoms with Gasteiger partial charge in [0.2, 0.25) is 15.9 Å². The van der Waals surface area contributed by atoms with E-state index in [-0.39, 0.29) is 23.5 Å². The Bertz CT molecular complexity index is 713. The van der Waals surface area contributed by atoms with Gasteiger partial charge >= 0.3 is 0 Å². The first kappa shape index (κ1) is 19.8. The molecule has 0 bridgehead atoms. The van der Waals surface area contributed by atoms with Gasteiger partial charge in [0.15, 0.2) is 0 Å². The van der Waals surface area contributed by atoms with Gasteiger partial charge in [-0.05, 0) is 39.3 Å². The van der Waals surface area contributed by atoms with E-state index < -0.39 is 21.6 Å². The molecule has 140 valence electrons. The van der Waals surface area contributed by atoms with E-state index in [1.165, 1.54) is 0 Å². The van der Waals surface area contributed by atoms with Crippen molar-refractivity contribution in [1.82, 2.24) is 15.4 Å². The summed E-state index contributed by atoms with van der Waals surface area (Å²) < 4.78 is 33.3. The monoisotopic (exact) mass is 369 g/mol. The number of benzene rings is 1. The van der Waals surface area contributed by atoms with E-state index in [1.807, 2.05) is 6.92 Å². The highest BCUT2D eigenvalue weighted by Crippen LogP contribution is 2.18. The van der Waals surface area contributed by atoms with Gasteiger partial charge in [0.05, 0.1) is 17.6 Å². The lowest BCUT2D eigenvalue weighted by molar-refractivity contribution is -0.129. The van der Waals surface area contributed by atoms with E-state index in [0.29, 0.717) is 18.7 Å². The van der Waals surface area contributed by atoms with Crippen molar-refractivity contribution < 1.29 is 17.9 Å². The molecule has 1 saturated heterocycles. The van der Waals surface area contributed by atoms with E-state index in [0.717, 1.165) is 0 Å². The normalized spacial score (nSPS) is 21.8. The van der Waals surface area contributed by atoms with Gasteiger partial charge in [-0.3, -0.25) is 4.79 Å². The van der Waals surface area contributed by atoms with Crippen molar-refractivity contribution in [3.8, 4) is 0 Å². The third-order valence-electron chi connectivity index (χ3n) is 3.75. The molecule has 1 fully saturated rings. The van der Waals surface area contributed by atoms with Crippen LogP contribution >= 0.6 is 0 Å². The van der Waals surface area contributed by atoms with Crippen LogP contribution in [0.5, 0.6) is 0 Å². The highest BCUT2D eigenvalue weighted by molar-refractivity contribution is 7.89. The number of amides is 1. The molecule has 25 heavy (non-hydrogen) atoms. The Kier molecular flexibility index (Phi) is 6.21. The maximum absolute atomic E-state index is 12.6. The number of rotatable bonds is 5. The Morgan fingerprint density at radius 1 is 1.32 bits per heavy atom. The number of hydrogen-bond acceptors (Lipinski definition) is 5. The first-order chi connectivity index (χ1) is 11.6. The van der Waals surface area contributed by atoms with E-state index >= 15 is 0 Å². The molecule has 1 heterocycles. The lowest BCUT2D eigenvalue weighted by atomic mass is 10.1. The minimum absolute atomic E-state index is 0.130. The molecule has 8 heteroatoms. The molecule has 2 atom stereocenters. The molecule has 1 amide bonds. The van der Waals surface area contributed by atoms with Gasteiger partial charge in [0, 0.05) is 18.6 Å². The number of hydrogen-bond donors (Lipinski definition) is 3. The summed E-state index contributed by atoms with van der Waals surface area (Å²) in [5.41, 5.74) is -0.0504. The van der Waals surface area contributed by atoms with Crippen molar-refractivity contribution in [3.63, 3.8) is 0 Å². The summed E-state index contributed by atoms with van der Waals surface area (Å²) in [6.07, 6.45) is -0.227. The molecule has 0 saturated carbocycles. The number of morpholine rings is 1. The number of sulfonamides is 1. The highest BCUT2D eigenvalue weighted by atomic mass is 32.2. The smallest absolute Gasteiger partial charge is 0.241 e. The predicted molar refractivity (Wildman–Crippen MR) is 95.6 cm³/mol. The van der Waals surface area contributed by atoms with Crippen LogP contribution in [0.4, 0.5) is 0 Å². The van der Waals surface area contributed by atoms with Crippen molar-refractivity contribution in [3.05, 3.63) is 29.8 Å². The van der Waals surface area contributed by atoms with E-state index in [2.05, 4.69) is 15.4 Å². The van der Waals surface area contributed by atoms with Crippen LogP contribution in [0.25, 0.3) is 0 Å². The van der Waals surface area contributed by atoms with Crippen LogP contribution < -0.4 is 15.4 Å². The molecule has 0 radical (unpaired) electrons. The molecular weight excluding hydrogens is 342 g/mol. The standard InChI is InChI=1S/C17H27N3O4S/c1-12-15(18-9-10-24-12)16(21)19-11-13-7-5-6-8-14(13)25(22,23)20-17(2,3)4/h5-8,12,15,18,20H,9-11H2,1-4H3,(H,19,21)/t12-,15+/m1/s1. The van der Waals surface area contributed by atoms with Crippen molar-refractivity contribution in [2.45, 2.75) is 56.8 Å². The summed E-state index contributed by atoms with van der Waals surface area (Å²) in [6, 6.07) is 6.22. The van der Waals surface area contributed by atoms with Crippen molar-refractivity contribution in [1.29, 1.82) is 0 Å². The molecule has 1 aliphatic heterocycles. The van der Waals surface area contributed by atoms with Gasteiger partial charge in [-0.1, -0.05) is 18.2 Å². The van der Waals surface area contributed by atoms with Gasteiger partial charge in [-0.15, -0.1) is 0 Å². The van der Waals surface area contributed by atoms with Crippen molar-refractivity contribution >= 4 is 15.9 Å². The van der Waals surface area contributed by atoms with E-state index in [9.17, 15) is 13.2 Å². The Hall–Kier alpha value is -1.48.